The van der Waals surface area contributed by atoms with E-state index in [1.165, 1.54) is 6.07 Å². The molecule has 16 heavy (non-hydrogen) atoms. The zero-order valence-electron chi connectivity index (χ0n) is 8.57. The van der Waals surface area contributed by atoms with Crippen LogP contribution in [0.15, 0.2) is 16.3 Å². The molecular formula is C10H12ClNO2S2. The Morgan fingerprint density at radius 1 is 1.44 bits per heavy atom. The Morgan fingerprint density at radius 3 is 2.75 bits per heavy atom. The van der Waals surface area contributed by atoms with Crippen LogP contribution in [0.4, 0.5) is 0 Å². The highest BCUT2D eigenvalue weighted by Gasteiger charge is 2.15. The lowest BCUT2D eigenvalue weighted by Gasteiger charge is -2.03. The number of terminal acetylenes is 1. The minimum absolute atomic E-state index is 0.245. The molecule has 1 aromatic heterocycles. The molecule has 1 rings (SSSR count). The van der Waals surface area contributed by atoms with E-state index in [0.717, 1.165) is 24.2 Å². The molecule has 0 aromatic carbocycles. The molecule has 0 aliphatic heterocycles. The van der Waals surface area contributed by atoms with E-state index in [9.17, 15) is 8.42 Å². The molecule has 0 aliphatic carbocycles. The fourth-order valence-electron chi connectivity index (χ4n) is 1.07. The third-order valence-electron chi connectivity index (χ3n) is 1.85. The Morgan fingerprint density at radius 2 is 2.19 bits per heavy atom. The number of halogens is 1. The smallest absolute Gasteiger partial charge is 0.210 e. The maximum atomic E-state index is 11.7. The summed E-state index contributed by atoms with van der Waals surface area (Å²) in [4.78, 5) is 0. The van der Waals surface area contributed by atoms with Gasteiger partial charge in [-0.25, -0.2) is 13.1 Å². The van der Waals surface area contributed by atoms with E-state index >= 15 is 0 Å². The van der Waals surface area contributed by atoms with Gasteiger partial charge in [-0.3, -0.25) is 0 Å². The fraction of sp³-hybridized carbons (Fsp3) is 0.400. The Bertz CT molecular complexity index is 473. The fourth-order valence-corrected chi connectivity index (χ4v) is 3.67. The van der Waals surface area contributed by atoms with Gasteiger partial charge in [0.15, 0.2) is 0 Å². The Hall–Kier alpha value is -0.540. The number of nitrogens with one attached hydrogen (secondary N) is 1. The van der Waals surface area contributed by atoms with Crippen molar-refractivity contribution in [1.82, 2.24) is 4.72 Å². The van der Waals surface area contributed by atoms with E-state index in [1.54, 1.807) is 6.07 Å². The van der Waals surface area contributed by atoms with Crippen LogP contribution < -0.4 is 4.72 Å². The highest BCUT2D eigenvalue weighted by molar-refractivity contribution is 7.91. The van der Waals surface area contributed by atoms with Crippen LogP contribution in [0.2, 0.25) is 4.34 Å². The first-order valence-corrected chi connectivity index (χ1v) is 7.42. The Kier molecular flexibility index (Phi) is 5.29. The molecule has 0 saturated carbocycles. The quantitative estimate of drug-likeness (QED) is 0.641. The van der Waals surface area contributed by atoms with Gasteiger partial charge in [-0.05, 0) is 25.0 Å². The van der Waals surface area contributed by atoms with Crippen molar-refractivity contribution in [2.45, 2.75) is 23.5 Å². The lowest BCUT2D eigenvalue weighted by Crippen LogP contribution is -2.23. The van der Waals surface area contributed by atoms with Gasteiger partial charge in [0.1, 0.15) is 4.21 Å². The van der Waals surface area contributed by atoms with Crippen molar-refractivity contribution in [2.24, 2.45) is 0 Å². The molecule has 1 aromatic rings. The average molecular weight is 278 g/mol. The van der Waals surface area contributed by atoms with Crippen molar-refractivity contribution in [3.63, 3.8) is 0 Å². The maximum absolute atomic E-state index is 11.7. The number of hydrogen-bond donors (Lipinski definition) is 1. The van der Waals surface area contributed by atoms with Crippen molar-refractivity contribution in [3.8, 4) is 12.3 Å². The predicted molar refractivity (Wildman–Crippen MR) is 67.2 cm³/mol. The minimum atomic E-state index is -3.39. The summed E-state index contributed by atoms with van der Waals surface area (Å²) in [5.41, 5.74) is 0. The third kappa shape index (κ3) is 4.14. The summed E-state index contributed by atoms with van der Waals surface area (Å²) in [6.07, 6.45) is 7.32. The molecule has 0 bridgehead atoms. The first-order chi connectivity index (χ1) is 7.56. The summed E-state index contributed by atoms with van der Waals surface area (Å²) in [7, 11) is -3.39. The van der Waals surface area contributed by atoms with Crippen molar-refractivity contribution >= 4 is 33.0 Å². The summed E-state index contributed by atoms with van der Waals surface area (Å²) < 4.78 is 26.6. The topological polar surface area (TPSA) is 46.2 Å². The number of sulfonamides is 1. The van der Waals surface area contributed by atoms with Gasteiger partial charge in [-0.1, -0.05) is 11.6 Å². The van der Waals surface area contributed by atoms with Crippen molar-refractivity contribution in [2.75, 3.05) is 6.54 Å². The lowest BCUT2D eigenvalue weighted by atomic mass is 10.2. The molecule has 0 fully saturated rings. The zero-order valence-corrected chi connectivity index (χ0v) is 11.0. The van der Waals surface area contributed by atoms with Crippen LogP contribution in [-0.2, 0) is 10.0 Å². The molecule has 0 amide bonds. The van der Waals surface area contributed by atoms with Gasteiger partial charge in [-0.2, -0.15) is 0 Å². The molecule has 88 valence electrons. The molecule has 0 atom stereocenters. The summed E-state index contributed by atoms with van der Waals surface area (Å²) in [5.74, 6) is 2.51. The Balaban J connectivity index is 2.45. The van der Waals surface area contributed by atoms with E-state index < -0.39 is 10.0 Å². The van der Waals surface area contributed by atoms with Crippen LogP contribution in [0.5, 0.6) is 0 Å². The van der Waals surface area contributed by atoms with E-state index in [4.69, 9.17) is 18.0 Å². The standard InChI is InChI=1S/C10H12ClNO2S2/c1-2-3-4-5-8-12-16(13,14)10-7-6-9(11)15-10/h1,6-7,12H,3-5,8H2. The van der Waals surface area contributed by atoms with E-state index in [2.05, 4.69) is 10.6 Å². The van der Waals surface area contributed by atoms with E-state index in [1.807, 2.05) is 0 Å². The second kappa shape index (κ2) is 6.26. The van der Waals surface area contributed by atoms with Gasteiger partial charge in [0, 0.05) is 13.0 Å². The molecule has 0 saturated heterocycles. The number of unbranched alkanes of at least 4 members (excludes halogenated alkanes) is 2. The van der Waals surface area contributed by atoms with Crippen LogP contribution in [0.1, 0.15) is 19.3 Å². The summed E-state index contributed by atoms with van der Waals surface area (Å²) in [5, 5.41) is 0. The van der Waals surface area contributed by atoms with Crippen molar-refractivity contribution in [1.29, 1.82) is 0 Å². The van der Waals surface area contributed by atoms with E-state index in [0.29, 0.717) is 17.3 Å². The van der Waals surface area contributed by atoms with Crippen LogP contribution in [0.25, 0.3) is 0 Å². The molecule has 6 heteroatoms. The minimum Gasteiger partial charge on any atom is -0.210 e. The SMILES string of the molecule is C#CCCCCNS(=O)(=O)c1ccc(Cl)s1. The summed E-state index contributed by atoms with van der Waals surface area (Å²) in [6.45, 7) is 0.402. The van der Waals surface area contributed by atoms with Gasteiger partial charge in [0.2, 0.25) is 10.0 Å². The van der Waals surface area contributed by atoms with Gasteiger partial charge >= 0.3 is 0 Å². The van der Waals surface area contributed by atoms with Crippen LogP contribution >= 0.6 is 22.9 Å². The van der Waals surface area contributed by atoms with Gasteiger partial charge in [0.25, 0.3) is 0 Å². The second-order valence-electron chi connectivity index (χ2n) is 3.12. The molecule has 1 heterocycles. The summed E-state index contributed by atoms with van der Waals surface area (Å²) in [6, 6.07) is 3.07. The van der Waals surface area contributed by atoms with Crippen LogP contribution in [0, 0.1) is 12.3 Å². The first kappa shape index (κ1) is 13.5. The molecule has 0 spiro atoms. The summed E-state index contributed by atoms with van der Waals surface area (Å²) >= 11 is 6.72. The lowest BCUT2D eigenvalue weighted by molar-refractivity contribution is 0.579. The molecule has 3 nitrogen and oxygen atoms in total. The van der Waals surface area contributed by atoms with Gasteiger partial charge in [-0.15, -0.1) is 23.7 Å². The number of thiophene rings is 1. The molecule has 0 radical (unpaired) electrons. The highest BCUT2D eigenvalue weighted by atomic mass is 35.5. The molecule has 1 N–H and O–H groups in total. The van der Waals surface area contributed by atoms with Gasteiger partial charge in [0.05, 0.1) is 4.34 Å². The highest BCUT2D eigenvalue weighted by Crippen LogP contribution is 2.25. The molecule has 0 unspecified atom stereocenters. The normalized spacial score (nSPS) is 11.2. The zero-order chi connectivity index (χ0) is 12.0. The van der Waals surface area contributed by atoms with Crippen molar-refractivity contribution in [3.05, 3.63) is 16.5 Å². The molecular weight excluding hydrogens is 266 g/mol. The third-order valence-corrected chi connectivity index (χ3v) is 5.04. The average Bonchev–Trinajstić information content (AvgIpc) is 2.65. The number of rotatable bonds is 6. The van der Waals surface area contributed by atoms with Gasteiger partial charge < -0.3 is 0 Å². The predicted octanol–water partition coefficient (Wildman–Crippen LogP) is 2.48. The van der Waals surface area contributed by atoms with Crippen LogP contribution in [-0.4, -0.2) is 15.0 Å². The molecule has 0 aliphatic rings. The van der Waals surface area contributed by atoms with E-state index in [-0.39, 0.29) is 4.21 Å². The Labute approximate surface area is 105 Å². The largest absolute Gasteiger partial charge is 0.250 e. The second-order valence-corrected chi connectivity index (χ2v) is 6.83. The monoisotopic (exact) mass is 277 g/mol. The van der Waals surface area contributed by atoms with Crippen LogP contribution in [0.3, 0.4) is 0 Å². The number of hydrogen-bond acceptors (Lipinski definition) is 3. The van der Waals surface area contributed by atoms with Crippen molar-refractivity contribution < 1.29 is 8.42 Å². The maximum Gasteiger partial charge on any atom is 0.250 e. The first-order valence-electron chi connectivity index (χ1n) is 4.75.